The summed E-state index contributed by atoms with van der Waals surface area (Å²) in [5.41, 5.74) is 10.3. The number of ketones is 1. The SMILES string of the molecule is Cc1ccc(C(=O)/C=C/c2ccc(N)cc2)cc1C. The number of allylic oxidation sites excluding steroid dienone is 1. The normalized spacial score (nSPS) is 10.8. The Hall–Kier alpha value is -2.35. The van der Waals surface area contributed by atoms with Crippen LogP contribution >= 0.6 is 0 Å². The van der Waals surface area contributed by atoms with E-state index in [2.05, 4.69) is 0 Å². The molecule has 2 aromatic carbocycles. The second-order valence-corrected chi connectivity index (χ2v) is 4.66. The molecular weight excluding hydrogens is 234 g/mol. The van der Waals surface area contributed by atoms with E-state index in [1.54, 1.807) is 12.2 Å². The first-order chi connectivity index (χ1) is 9.06. The lowest BCUT2D eigenvalue weighted by Gasteiger charge is -2.02. The summed E-state index contributed by atoms with van der Waals surface area (Å²) < 4.78 is 0. The number of benzene rings is 2. The third-order valence-corrected chi connectivity index (χ3v) is 3.16. The molecule has 0 atom stereocenters. The van der Waals surface area contributed by atoms with Crippen molar-refractivity contribution in [1.82, 2.24) is 0 Å². The quantitative estimate of drug-likeness (QED) is 0.512. The van der Waals surface area contributed by atoms with E-state index in [0.29, 0.717) is 0 Å². The van der Waals surface area contributed by atoms with Crippen molar-refractivity contribution in [1.29, 1.82) is 0 Å². The van der Waals surface area contributed by atoms with Gasteiger partial charge >= 0.3 is 0 Å². The van der Waals surface area contributed by atoms with E-state index >= 15 is 0 Å². The van der Waals surface area contributed by atoms with Gasteiger partial charge in [0.15, 0.2) is 5.78 Å². The molecule has 2 rings (SSSR count). The van der Waals surface area contributed by atoms with Crippen LogP contribution in [0.4, 0.5) is 5.69 Å². The van der Waals surface area contributed by atoms with Gasteiger partial charge in [-0.05, 0) is 54.8 Å². The van der Waals surface area contributed by atoms with Gasteiger partial charge in [0.25, 0.3) is 0 Å². The predicted molar refractivity (Wildman–Crippen MR) is 80.1 cm³/mol. The fraction of sp³-hybridized carbons (Fsp3) is 0.118. The van der Waals surface area contributed by atoms with Gasteiger partial charge < -0.3 is 5.73 Å². The number of hydrogen-bond acceptors (Lipinski definition) is 2. The van der Waals surface area contributed by atoms with Gasteiger partial charge in [-0.1, -0.05) is 30.3 Å². The molecule has 0 radical (unpaired) electrons. The molecule has 2 N–H and O–H groups in total. The summed E-state index contributed by atoms with van der Waals surface area (Å²) in [6, 6.07) is 13.2. The van der Waals surface area contributed by atoms with Gasteiger partial charge in [-0.2, -0.15) is 0 Å². The summed E-state index contributed by atoms with van der Waals surface area (Å²) in [6.07, 6.45) is 3.40. The average Bonchev–Trinajstić information content (AvgIpc) is 2.41. The summed E-state index contributed by atoms with van der Waals surface area (Å²) in [5.74, 6) is 0.0138. The van der Waals surface area contributed by atoms with Crippen LogP contribution in [0.2, 0.25) is 0 Å². The van der Waals surface area contributed by atoms with Crippen molar-refractivity contribution in [3.05, 3.63) is 70.8 Å². The zero-order valence-corrected chi connectivity index (χ0v) is 11.2. The average molecular weight is 251 g/mol. The molecule has 0 amide bonds. The molecule has 2 nitrogen and oxygen atoms in total. The van der Waals surface area contributed by atoms with Crippen molar-refractivity contribution in [3.8, 4) is 0 Å². The van der Waals surface area contributed by atoms with Crippen LogP contribution in [0.3, 0.4) is 0 Å². The van der Waals surface area contributed by atoms with Crippen LogP contribution < -0.4 is 5.73 Å². The Balaban J connectivity index is 2.16. The van der Waals surface area contributed by atoms with E-state index in [9.17, 15) is 4.79 Å². The van der Waals surface area contributed by atoms with Crippen LogP contribution in [0.25, 0.3) is 6.08 Å². The number of nitrogen functional groups attached to an aromatic ring is 1. The fourth-order valence-electron chi connectivity index (χ4n) is 1.77. The Morgan fingerprint density at radius 1 is 1.00 bits per heavy atom. The topological polar surface area (TPSA) is 43.1 Å². The minimum absolute atomic E-state index is 0.0138. The Kier molecular flexibility index (Phi) is 3.81. The molecule has 2 aromatic rings. The van der Waals surface area contributed by atoms with E-state index in [1.165, 1.54) is 5.56 Å². The number of anilines is 1. The first kappa shape index (κ1) is 13.1. The predicted octanol–water partition coefficient (Wildman–Crippen LogP) is 3.78. The van der Waals surface area contributed by atoms with Crippen molar-refractivity contribution in [2.45, 2.75) is 13.8 Å². The third kappa shape index (κ3) is 3.32. The molecule has 0 unspecified atom stereocenters. The molecular formula is C17H17NO. The highest BCUT2D eigenvalue weighted by Crippen LogP contribution is 2.12. The lowest BCUT2D eigenvalue weighted by atomic mass is 10.0. The third-order valence-electron chi connectivity index (χ3n) is 3.16. The van der Waals surface area contributed by atoms with Gasteiger partial charge in [0, 0.05) is 11.3 Å². The maximum Gasteiger partial charge on any atom is 0.185 e. The molecule has 0 saturated heterocycles. The number of aryl methyl sites for hydroxylation is 2. The van der Waals surface area contributed by atoms with Gasteiger partial charge in [0.1, 0.15) is 0 Å². The van der Waals surface area contributed by atoms with Gasteiger partial charge in [-0.3, -0.25) is 4.79 Å². The highest BCUT2D eigenvalue weighted by Gasteiger charge is 2.02. The van der Waals surface area contributed by atoms with Gasteiger partial charge in [0.2, 0.25) is 0 Å². The molecule has 2 heteroatoms. The maximum atomic E-state index is 12.0. The molecule has 0 aliphatic rings. The minimum Gasteiger partial charge on any atom is -0.399 e. The van der Waals surface area contributed by atoms with Crippen molar-refractivity contribution >= 4 is 17.5 Å². The van der Waals surface area contributed by atoms with Crippen LogP contribution in [0.5, 0.6) is 0 Å². The zero-order valence-electron chi connectivity index (χ0n) is 11.2. The molecule has 0 spiro atoms. The summed E-state index contributed by atoms with van der Waals surface area (Å²) in [5, 5.41) is 0. The molecule has 0 heterocycles. The second kappa shape index (κ2) is 5.53. The molecule has 0 aliphatic heterocycles. The number of carbonyl (C=O) groups is 1. The summed E-state index contributed by atoms with van der Waals surface area (Å²) in [4.78, 5) is 12.0. The van der Waals surface area contributed by atoms with Crippen LogP contribution in [-0.4, -0.2) is 5.78 Å². The van der Waals surface area contributed by atoms with E-state index in [4.69, 9.17) is 5.73 Å². The lowest BCUT2D eigenvalue weighted by molar-refractivity contribution is 0.104. The highest BCUT2D eigenvalue weighted by atomic mass is 16.1. The van der Waals surface area contributed by atoms with Crippen LogP contribution in [0.15, 0.2) is 48.5 Å². The first-order valence-electron chi connectivity index (χ1n) is 6.21. The zero-order chi connectivity index (χ0) is 13.8. The summed E-state index contributed by atoms with van der Waals surface area (Å²) in [7, 11) is 0. The number of nitrogens with two attached hydrogens (primary N) is 1. The van der Waals surface area contributed by atoms with Gasteiger partial charge in [-0.15, -0.1) is 0 Å². The van der Waals surface area contributed by atoms with E-state index < -0.39 is 0 Å². The second-order valence-electron chi connectivity index (χ2n) is 4.66. The van der Waals surface area contributed by atoms with Crippen LogP contribution in [0.1, 0.15) is 27.0 Å². The maximum absolute atomic E-state index is 12.0. The monoisotopic (exact) mass is 251 g/mol. The summed E-state index contributed by atoms with van der Waals surface area (Å²) >= 11 is 0. The Morgan fingerprint density at radius 3 is 2.32 bits per heavy atom. The van der Waals surface area contributed by atoms with Crippen LogP contribution in [-0.2, 0) is 0 Å². The fourth-order valence-corrected chi connectivity index (χ4v) is 1.77. The van der Waals surface area contributed by atoms with E-state index in [1.807, 2.05) is 56.3 Å². The van der Waals surface area contributed by atoms with Crippen molar-refractivity contribution in [3.63, 3.8) is 0 Å². The number of hydrogen-bond donors (Lipinski definition) is 1. The van der Waals surface area contributed by atoms with Gasteiger partial charge in [-0.25, -0.2) is 0 Å². The minimum atomic E-state index is 0.0138. The largest absolute Gasteiger partial charge is 0.399 e. The number of rotatable bonds is 3. The molecule has 0 fully saturated rings. The molecule has 0 saturated carbocycles. The first-order valence-corrected chi connectivity index (χ1v) is 6.21. The molecule has 96 valence electrons. The Labute approximate surface area is 113 Å². The number of carbonyl (C=O) groups excluding carboxylic acids is 1. The highest BCUT2D eigenvalue weighted by molar-refractivity contribution is 6.06. The Morgan fingerprint density at radius 2 is 1.68 bits per heavy atom. The van der Waals surface area contributed by atoms with Crippen molar-refractivity contribution in [2.75, 3.05) is 5.73 Å². The van der Waals surface area contributed by atoms with Crippen molar-refractivity contribution in [2.24, 2.45) is 0 Å². The lowest BCUT2D eigenvalue weighted by Crippen LogP contribution is -1.95. The molecule has 19 heavy (non-hydrogen) atoms. The standard InChI is InChI=1S/C17H17NO/c1-12-3-7-15(11-13(12)2)17(19)10-6-14-4-8-16(18)9-5-14/h3-11H,18H2,1-2H3/b10-6+. The van der Waals surface area contributed by atoms with E-state index in [0.717, 1.165) is 22.4 Å². The van der Waals surface area contributed by atoms with Gasteiger partial charge in [0.05, 0.1) is 0 Å². The van der Waals surface area contributed by atoms with Crippen molar-refractivity contribution < 1.29 is 4.79 Å². The van der Waals surface area contributed by atoms with Crippen LogP contribution in [0, 0.1) is 13.8 Å². The molecule has 0 aliphatic carbocycles. The molecule has 0 bridgehead atoms. The smallest absolute Gasteiger partial charge is 0.185 e. The molecule has 0 aromatic heterocycles. The summed E-state index contributed by atoms with van der Waals surface area (Å²) in [6.45, 7) is 4.05. The van der Waals surface area contributed by atoms with E-state index in [-0.39, 0.29) is 5.78 Å². The Bertz CT molecular complexity index is 624.